The minimum atomic E-state index is -3.86. The van der Waals surface area contributed by atoms with E-state index in [-0.39, 0.29) is 16.6 Å². The van der Waals surface area contributed by atoms with Crippen molar-refractivity contribution in [3.05, 3.63) is 11.4 Å². The highest BCUT2D eigenvalue weighted by Gasteiger charge is 2.31. The second kappa shape index (κ2) is 4.93. The molecule has 2 rings (SSSR count). The molecule has 1 fully saturated rings. The molecule has 0 spiro atoms. The summed E-state index contributed by atoms with van der Waals surface area (Å²) in [5, 5.41) is 14.9. The SMILES string of the molecule is Cc1[nH]nc(C(=O)O)c1S(=O)(=O)NC(C)CC1CC1. The lowest BCUT2D eigenvalue weighted by Crippen LogP contribution is -2.34. The molecule has 1 heterocycles. The van der Waals surface area contributed by atoms with Gasteiger partial charge in [0.25, 0.3) is 0 Å². The molecule has 1 aromatic heterocycles. The van der Waals surface area contributed by atoms with Gasteiger partial charge in [0.1, 0.15) is 4.90 Å². The third-order valence-electron chi connectivity index (χ3n) is 3.10. The standard InChI is InChI=1S/C11H17N3O4S/c1-6(5-8-3-4-8)14-19(17,18)10-7(2)12-13-9(10)11(15)16/h6,8,14H,3-5H2,1-2H3,(H,12,13)(H,15,16). The number of aryl methyl sites for hydroxylation is 1. The van der Waals surface area contributed by atoms with Crippen molar-refractivity contribution in [3.63, 3.8) is 0 Å². The number of carbonyl (C=O) groups is 1. The molecule has 1 saturated carbocycles. The summed E-state index contributed by atoms with van der Waals surface area (Å²) >= 11 is 0. The lowest BCUT2D eigenvalue weighted by Gasteiger charge is -2.13. The summed E-state index contributed by atoms with van der Waals surface area (Å²) in [6.45, 7) is 3.27. The number of sulfonamides is 1. The first-order valence-electron chi connectivity index (χ1n) is 6.12. The number of nitrogens with one attached hydrogen (secondary N) is 2. The number of nitrogens with zero attached hydrogens (tertiary/aromatic N) is 1. The van der Waals surface area contributed by atoms with Gasteiger partial charge in [-0.3, -0.25) is 5.10 Å². The lowest BCUT2D eigenvalue weighted by atomic mass is 10.2. The summed E-state index contributed by atoms with van der Waals surface area (Å²) in [5.74, 6) is -0.776. The van der Waals surface area contributed by atoms with Gasteiger partial charge in [-0.15, -0.1) is 0 Å². The average Bonchev–Trinajstić information content (AvgIpc) is 2.96. The van der Waals surface area contributed by atoms with Crippen LogP contribution in [-0.2, 0) is 10.0 Å². The van der Waals surface area contributed by atoms with Gasteiger partial charge in [-0.1, -0.05) is 12.8 Å². The normalized spacial score (nSPS) is 17.4. The molecule has 8 heteroatoms. The quantitative estimate of drug-likeness (QED) is 0.719. The van der Waals surface area contributed by atoms with Crippen LogP contribution in [0.2, 0.25) is 0 Å². The second-order valence-electron chi connectivity index (χ2n) is 5.03. The van der Waals surface area contributed by atoms with E-state index in [9.17, 15) is 13.2 Å². The highest BCUT2D eigenvalue weighted by Crippen LogP contribution is 2.33. The number of rotatable bonds is 6. The summed E-state index contributed by atoms with van der Waals surface area (Å²) in [6.07, 6.45) is 3.05. The summed E-state index contributed by atoms with van der Waals surface area (Å²) in [5.41, 5.74) is -0.243. The summed E-state index contributed by atoms with van der Waals surface area (Å²) in [7, 11) is -3.86. The van der Waals surface area contributed by atoms with E-state index in [0.717, 1.165) is 19.3 Å². The Labute approximate surface area is 111 Å². The van der Waals surface area contributed by atoms with Gasteiger partial charge in [-0.2, -0.15) is 5.10 Å². The Hall–Kier alpha value is -1.41. The van der Waals surface area contributed by atoms with Crippen LogP contribution in [0.4, 0.5) is 0 Å². The molecule has 1 aliphatic rings. The minimum absolute atomic E-state index is 0.214. The average molecular weight is 287 g/mol. The Balaban J connectivity index is 2.23. The van der Waals surface area contributed by atoms with Crippen molar-refractivity contribution in [1.82, 2.24) is 14.9 Å². The molecule has 1 aromatic rings. The van der Waals surface area contributed by atoms with E-state index in [1.807, 2.05) is 0 Å². The highest BCUT2D eigenvalue weighted by atomic mass is 32.2. The molecule has 0 radical (unpaired) electrons. The molecule has 1 aliphatic carbocycles. The first kappa shape index (κ1) is 14.0. The summed E-state index contributed by atoms with van der Waals surface area (Å²) in [4.78, 5) is 10.7. The molecular formula is C11H17N3O4S. The lowest BCUT2D eigenvalue weighted by molar-refractivity contribution is 0.0686. The fraction of sp³-hybridized carbons (Fsp3) is 0.636. The van der Waals surface area contributed by atoms with Crippen molar-refractivity contribution < 1.29 is 18.3 Å². The smallest absolute Gasteiger partial charge is 0.357 e. The van der Waals surface area contributed by atoms with Crippen LogP contribution in [-0.4, -0.2) is 35.7 Å². The van der Waals surface area contributed by atoms with Gasteiger partial charge in [-0.25, -0.2) is 17.9 Å². The van der Waals surface area contributed by atoms with Gasteiger partial charge < -0.3 is 5.11 Å². The maximum atomic E-state index is 12.2. The van der Waals surface area contributed by atoms with Gasteiger partial charge in [0.2, 0.25) is 10.0 Å². The van der Waals surface area contributed by atoms with Crippen molar-refractivity contribution in [2.45, 2.75) is 44.0 Å². The van der Waals surface area contributed by atoms with Gasteiger partial charge in [-0.05, 0) is 26.2 Å². The van der Waals surface area contributed by atoms with Crippen LogP contribution in [0.25, 0.3) is 0 Å². The minimum Gasteiger partial charge on any atom is -0.476 e. The largest absolute Gasteiger partial charge is 0.476 e. The van der Waals surface area contributed by atoms with Gasteiger partial charge in [0, 0.05) is 6.04 Å². The predicted octanol–water partition coefficient (Wildman–Crippen LogP) is 0.883. The van der Waals surface area contributed by atoms with E-state index in [0.29, 0.717) is 5.92 Å². The van der Waals surface area contributed by atoms with E-state index < -0.39 is 21.7 Å². The topological polar surface area (TPSA) is 112 Å². The Morgan fingerprint density at radius 3 is 2.74 bits per heavy atom. The van der Waals surface area contributed by atoms with Crippen molar-refractivity contribution in [2.24, 2.45) is 5.92 Å². The first-order valence-corrected chi connectivity index (χ1v) is 7.60. The van der Waals surface area contributed by atoms with Crippen LogP contribution in [0, 0.1) is 12.8 Å². The summed E-state index contributed by atoms with van der Waals surface area (Å²) < 4.78 is 26.9. The third kappa shape index (κ3) is 3.13. The van der Waals surface area contributed by atoms with Crippen molar-refractivity contribution in [1.29, 1.82) is 0 Å². The number of aromatic carboxylic acids is 1. The van der Waals surface area contributed by atoms with Crippen LogP contribution >= 0.6 is 0 Å². The molecule has 0 saturated heterocycles. The molecule has 1 unspecified atom stereocenters. The zero-order valence-corrected chi connectivity index (χ0v) is 11.6. The molecule has 106 valence electrons. The first-order chi connectivity index (χ1) is 8.81. The Kier molecular flexibility index (Phi) is 3.64. The van der Waals surface area contributed by atoms with E-state index in [1.165, 1.54) is 6.92 Å². The Morgan fingerprint density at radius 2 is 2.21 bits per heavy atom. The van der Waals surface area contributed by atoms with E-state index in [2.05, 4.69) is 14.9 Å². The molecule has 0 bridgehead atoms. The Morgan fingerprint density at radius 1 is 1.58 bits per heavy atom. The molecule has 0 aromatic carbocycles. The predicted molar refractivity (Wildman–Crippen MR) is 67.4 cm³/mol. The number of hydrogen-bond donors (Lipinski definition) is 3. The zero-order chi connectivity index (χ0) is 14.2. The van der Waals surface area contributed by atoms with Crippen molar-refractivity contribution >= 4 is 16.0 Å². The maximum absolute atomic E-state index is 12.2. The molecule has 1 atom stereocenters. The van der Waals surface area contributed by atoms with Gasteiger partial charge in [0.15, 0.2) is 5.69 Å². The highest BCUT2D eigenvalue weighted by molar-refractivity contribution is 7.89. The fourth-order valence-corrected chi connectivity index (χ4v) is 3.70. The van der Waals surface area contributed by atoms with Gasteiger partial charge >= 0.3 is 5.97 Å². The molecule has 0 aliphatic heterocycles. The van der Waals surface area contributed by atoms with Crippen LogP contribution in [0.5, 0.6) is 0 Å². The third-order valence-corrected chi connectivity index (χ3v) is 4.85. The second-order valence-corrected chi connectivity index (χ2v) is 6.68. The molecule has 3 N–H and O–H groups in total. The Bertz CT molecular complexity index is 589. The number of H-pyrrole nitrogens is 1. The van der Waals surface area contributed by atoms with E-state index >= 15 is 0 Å². The monoisotopic (exact) mass is 287 g/mol. The van der Waals surface area contributed by atoms with Crippen LogP contribution in [0.3, 0.4) is 0 Å². The number of aromatic nitrogens is 2. The van der Waals surface area contributed by atoms with Crippen molar-refractivity contribution in [3.8, 4) is 0 Å². The van der Waals surface area contributed by atoms with Crippen LogP contribution in [0.15, 0.2) is 4.90 Å². The van der Waals surface area contributed by atoms with Gasteiger partial charge in [0.05, 0.1) is 5.69 Å². The van der Waals surface area contributed by atoms with Crippen molar-refractivity contribution in [2.75, 3.05) is 0 Å². The number of hydrogen-bond acceptors (Lipinski definition) is 4. The molecule has 0 amide bonds. The maximum Gasteiger partial charge on any atom is 0.357 e. The number of carboxylic acids is 1. The molecular weight excluding hydrogens is 270 g/mol. The van der Waals surface area contributed by atoms with Crippen LogP contribution in [0.1, 0.15) is 42.4 Å². The summed E-state index contributed by atoms with van der Waals surface area (Å²) in [6, 6.07) is -0.214. The number of carboxylic acid groups (broad SMARTS) is 1. The zero-order valence-electron chi connectivity index (χ0n) is 10.8. The number of aromatic amines is 1. The van der Waals surface area contributed by atoms with E-state index in [4.69, 9.17) is 5.11 Å². The molecule has 19 heavy (non-hydrogen) atoms. The molecule has 7 nitrogen and oxygen atoms in total. The van der Waals surface area contributed by atoms with E-state index in [1.54, 1.807) is 6.92 Å². The van der Waals surface area contributed by atoms with Crippen LogP contribution < -0.4 is 4.72 Å². The fourth-order valence-electron chi connectivity index (χ4n) is 2.12.